The van der Waals surface area contributed by atoms with Crippen molar-refractivity contribution in [1.82, 2.24) is 0 Å². The van der Waals surface area contributed by atoms with Crippen molar-refractivity contribution < 1.29 is 76.9 Å². The predicted octanol–water partition coefficient (Wildman–Crippen LogP) is 1.65. The van der Waals surface area contributed by atoms with Gasteiger partial charge in [0.2, 0.25) is 11.5 Å². The first-order valence-electron chi connectivity index (χ1n) is 10.0. The molecule has 8 N–H and O–H groups in total. The topological polar surface area (TPSA) is 278 Å². The third-order valence-electron chi connectivity index (χ3n) is 4.98. The Bertz CT molecular complexity index is 1200. The van der Waals surface area contributed by atoms with Crippen molar-refractivity contribution >= 4 is 35.8 Å². The number of rotatable bonds is 6. The number of furan rings is 1. The molecule has 2 aromatic rings. The van der Waals surface area contributed by atoms with Gasteiger partial charge in [0.15, 0.2) is 11.2 Å². The van der Waals surface area contributed by atoms with Crippen LogP contribution in [0.4, 0.5) is 0 Å². The van der Waals surface area contributed by atoms with Crippen molar-refractivity contribution in [2.75, 3.05) is 0 Å². The van der Waals surface area contributed by atoms with E-state index in [4.69, 9.17) is 41.8 Å². The molecule has 0 aliphatic carbocycles. The summed E-state index contributed by atoms with van der Waals surface area (Å²) in [5.74, 6) is -7.67. The zero-order valence-corrected chi connectivity index (χ0v) is 19.6. The van der Waals surface area contributed by atoms with Gasteiger partial charge in [-0.2, -0.15) is 0 Å². The molecule has 39 heavy (non-hydrogen) atoms. The molecular formula is C24H25O15+. The van der Waals surface area contributed by atoms with Gasteiger partial charge in [-0.1, -0.05) is 0 Å². The summed E-state index contributed by atoms with van der Waals surface area (Å²) in [6.07, 6.45) is 12.1. The number of carboxylic acid groups (broad SMARTS) is 6. The number of hydrogen-bond acceptors (Lipinski definition) is 8. The summed E-state index contributed by atoms with van der Waals surface area (Å²) in [6.45, 7) is 0. The molecule has 15 heteroatoms. The number of hydrogen-bond donors (Lipinski definition) is 6. The van der Waals surface area contributed by atoms with Crippen LogP contribution in [0.2, 0.25) is 0 Å². The van der Waals surface area contributed by atoms with Gasteiger partial charge in [0.25, 0.3) is 0 Å². The van der Waals surface area contributed by atoms with Crippen molar-refractivity contribution in [1.29, 1.82) is 0 Å². The van der Waals surface area contributed by atoms with Gasteiger partial charge in [-0.25, -0.2) is 28.8 Å². The van der Waals surface area contributed by atoms with Crippen molar-refractivity contribution in [3.05, 3.63) is 77.6 Å². The SMILES string of the molecule is O.O=C(O)C12C=CC(C(=O)O)(CC1)O2.O=C(O)c1ccc(C(=O)O)cc1.O=C(O)c1ccc(C(=O)O)o1.[C+]#C.[HH].[HH]. The number of aromatic carboxylic acids is 4. The molecule has 15 nitrogen and oxygen atoms in total. The van der Waals surface area contributed by atoms with E-state index in [9.17, 15) is 28.8 Å². The van der Waals surface area contributed by atoms with Gasteiger partial charge in [0, 0.05) is 2.85 Å². The average Bonchev–Trinajstić information content (AvgIpc) is 3.62. The van der Waals surface area contributed by atoms with Gasteiger partial charge >= 0.3 is 48.7 Å². The van der Waals surface area contributed by atoms with Crippen molar-refractivity contribution in [2.24, 2.45) is 0 Å². The van der Waals surface area contributed by atoms with E-state index in [0.717, 1.165) is 12.1 Å². The van der Waals surface area contributed by atoms with Crippen LogP contribution < -0.4 is 0 Å². The maximum absolute atomic E-state index is 10.8. The predicted molar refractivity (Wildman–Crippen MR) is 129 cm³/mol. The van der Waals surface area contributed by atoms with Crippen LogP contribution in [0.3, 0.4) is 0 Å². The molecule has 1 aromatic carbocycles. The molecule has 0 radical (unpaired) electrons. The third-order valence-corrected chi connectivity index (χ3v) is 4.98. The van der Waals surface area contributed by atoms with E-state index in [0.29, 0.717) is 0 Å². The summed E-state index contributed by atoms with van der Waals surface area (Å²) >= 11 is 0. The Hall–Kier alpha value is -5.24. The van der Waals surface area contributed by atoms with E-state index in [1.54, 1.807) is 0 Å². The van der Waals surface area contributed by atoms with Gasteiger partial charge in [0.1, 0.15) is 0 Å². The van der Waals surface area contributed by atoms with E-state index in [2.05, 4.69) is 10.8 Å². The van der Waals surface area contributed by atoms with Crippen LogP contribution in [0, 0.1) is 12.8 Å². The minimum absolute atomic E-state index is 0. The van der Waals surface area contributed by atoms with Gasteiger partial charge in [-0.3, -0.25) is 0 Å². The number of ether oxygens (including phenoxy) is 1. The number of aliphatic carboxylic acids is 2. The molecule has 1 saturated heterocycles. The largest absolute Gasteiger partial charge is 0 e. The molecule has 0 spiro atoms. The summed E-state index contributed by atoms with van der Waals surface area (Å²) in [6, 6.07) is 7.20. The van der Waals surface area contributed by atoms with Crippen LogP contribution >= 0.6 is 0 Å². The van der Waals surface area contributed by atoms with Gasteiger partial charge in [-0.05, 0) is 61.4 Å². The fraction of sp³-hybridized carbons (Fsp3) is 0.167. The van der Waals surface area contributed by atoms with Crippen LogP contribution in [0.25, 0.3) is 0 Å². The molecule has 1 fully saturated rings. The zero-order chi connectivity index (χ0) is 29.3. The Morgan fingerprint density at radius 3 is 1.10 bits per heavy atom. The Kier molecular flexibility index (Phi) is 12.0. The van der Waals surface area contributed by atoms with E-state index < -0.39 is 47.0 Å². The molecule has 210 valence electrons. The molecule has 1 aromatic heterocycles. The number of benzene rings is 1. The molecular weight excluding hydrogens is 528 g/mol. The number of carboxylic acids is 6. The van der Waals surface area contributed by atoms with E-state index in [1.807, 2.05) is 0 Å². The van der Waals surface area contributed by atoms with E-state index in [-0.39, 0.29) is 43.8 Å². The van der Waals surface area contributed by atoms with Crippen LogP contribution in [-0.2, 0) is 14.3 Å². The van der Waals surface area contributed by atoms with Crippen LogP contribution in [0.5, 0.6) is 0 Å². The second-order valence-corrected chi connectivity index (χ2v) is 7.29. The fourth-order valence-corrected chi connectivity index (χ4v) is 3.07. The smallest absolute Gasteiger partial charge is 0 e. The summed E-state index contributed by atoms with van der Waals surface area (Å²) in [4.78, 5) is 62.5. The Balaban J connectivity index is -0.000000496. The number of fused-ring (bicyclic) bond motifs is 2. The summed E-state index contributed by atoms with van der Waals surface area (Å²) in [5.41, 5.74) is -2.61. The van der Waals surface area contributed by atoms with Crippen LogP contribution in [-0.4, -0.2) is 83.1 Å². The maximum atomic E-state index is 10.8. The standard InChI is InChI=1S/C8H8O5.C8H6O4.C6H4O5.C2H.H2O.2H2/c9-5(10)7-1-2-8(13-7,4-3-7)6(11)12;9-7(10)5-1-2-6(4-3-5)8(11)12;7-5(8)3-1-2-4(11-3)6(9)10;1-2;;;/h1-2H,3-4H2,(H,9,10)(H,11,12);1-4H,(H,9,10)(H,11,12);1-2H,(H,7,8)(H,9,10);1H;1H2;2*1H/q;;;+1;;;. The van der Waals surface area contributed by atoms with Crippen LogP contribution in [0.15, 0.2) is 53.0 Å². The molecule has 2 aliphatic rings. The summed E-state index contributed by atoms with van der Waals surface area (Å²) < 4.78 is 9.47. The molecule has 4 rings (SSSR count). The van der Waals surface area contributed by atoms with Gasteiger partial charge in [0.05, 0.1) is 11.1 Å². The first-order valence-corrected chi connectivity index (χ1v) is 10.0. The molecule has 2 atom stereocenters. The maximum Gasteiger partial charge on any atom is 0 e. The molecule has 2 unspecified atom stereocenters. The second-order valence-electron chi connectivity index (χ2n) is 7.29. The number of carbonyl (C=O) groups is 6. The first-order chi connectivity index (χ1) is 17.7. The molecule has 3 heterocycles. The van der Waals surface area contributed by atoms with Gasteiger partial charge in [-0.15, -0.1) is 0 Å². The summed E-state index contributed by atoms with van der Waals surface area (Å²) in [7, 11) is 0. The number of terminal acetylenes is 1. The fourth-order valence-electron chi connectivity index (χ4n) is 3.07. The zero-order valence-electron chi connectivity index (χ0n) is 19.6. The quantitative estimate of drug-likeness (QED) is 0.168. The van der Waals surface area contributed by atoms with Crippen molar-refractivity contribution in [3.8, 4) is 6.42 Å². The minimum Gasteiger partial charge on any atom is 0 e. The van der Waals surface area contributed by atoms with E-state index in [1.165, 1.54) is 36.4 Å². The second kappa shape index (κ2) is 13.9. The Labute approximate surface area is 221 Å². The monoisotopic (exact) mass is 553 g/mol. The Morgan fingerprint density at radius 2 is 0.949 bits per heavy atom. The van der Waals surface area contributed by atoms with Gasteiger partial charge < -0.3 is 45.3 Å². The van der Waals surface area contributed by atoms with Crippen molar-refractivity contribution in [3.63, 3.8) is 0 Å². The molecule has 0 amide bonds. The molecule has 2 aliphatic heterocycles. The van der Waals surface area contributed by atoms with Crippen LogP contribution in [0.1, 0.15) is 57.5 Å². The normalized spacial score (nSPS) is 19.3. The van der Waals surface area contributed by atoms with Crippen molar-refractivity contribution in [2.45, 2.75) is 24.0 Å². The average molecular weight is 553 g/mol. The van der Waals surface area contributed by atoms with E-state index >= 15 is 0 Å². The molecule has 0 saturated carbocycles. The minimum atomic E-state index is -1.39. The molecule has 2 bridgehead atoms. The third kappa shape index (κ3) is 8.13. The Morgan fingerprint density at radius 1 is 0.641 bits per heavy atom. The first kappa shape index (κ1) is 33.8. The summed E-state index contributed by atoms with van der Waals surface area (Å²) in [5, 5.41) is 51.2.